The van der Waals surface area contributed by atoms with Crippen molar-refractivity contribution < 1.29 is 19.0 Å². The lowest BCUT2D eigenvalue weighted by Crippen LogP contribution is -2.31. The number of amides is 1. The molecule has 0 aromatic carbocycles. The van der Waals surface area contributed by atoms with E-state index in [0.29, 0.717) is 42.2 Å². The van der Waals surface area contributed by atoms with Gasteiger partial charge in [0.1, 0.15) is 11.5 Å². The molecular weight excluding hydrogens is 330 g/mol. The summed E-state index contributed by atoms with van der Waals surface area (Å²) in [6, 6.07) is 0. The van der Waals surface area contributed by atoms with Crippen molar-refractivity contribution in [1.29, 1.82) is 0 Å². The minimum absolute atomic E-state index is 0.105. The Kier molecular flexibility index (Phi) is 5.67. The molecule has 1 amide bonds. The fraction of sp³-hybridized carbons (Fsp3) is 0.476. The highest BCUT2D eigenvalue weighted by atomic mass is 16.6. The first kappa shape index (κ1) is 18.5. The van der Waals surface area contributed by atoms with E-state index in [-0.39, 0.29) is 5.91 Å². The Morgan fingerprint density at radius 2 is 2.15 bits per heavy atom. The fourth-order valence-corrected chi connectivity index (χ4v) is 3.46. The lowest BCUT2D eigenvalue weighted by molar-refractivity contribution is -0.126. The number of rotatable bonds is 7. The molecule has 5 heteroatoms. The van der Waals surface area contributed by atoms with Crippen LogP contribution in [-0.2, 0) is 19.0 Å². The third kappa shape index (κ3) is 3.93. The summed E-state index contributed by atoms with van der Waals surface area (Å²) < 4.78 is 16.1. The Bertz CT molecular complexity index is 710. The molecule has 1 aliphatic carbocycles. The molecule has 5 nitrogen and oxygen atoms in total. The molecule has 0 radical (unpaired) electrons. The zero-order chi connectivity index (χ0) is 18.7. The molecule has 0 aromatic rings. The van der Waals surface area contributed by atoms with Gasteiger partial charge in [0, 0.05) is 25.1 Å². The van der Waals surface area contributed by atoms with Crippen molar-refractivity contribution >= 4 is 5.91 Å². The Morgan fingerprint density at radius 3 is 2.77 bits per heavy atom. The SMILES string of the molecule is C=C(C(=O)N1CC2=C(CC(C3CO3)C=C2)C1)/C(=C\C(=C\CC)OC)OC. The molecule has 1 fully saturated rings. The molecule has 140 valence electrons. The van der Waals surface area contributed by atoms with E-state index in [0.717, 1.165) is 19.4 Å². The Hall–Kier alpha value is -2.27. The first-order chi connectivity index (χ1) is 12.6. The van der Waals surface area contributed by atoms with Crippen molar-refractivity contribution in [3.63, 3.8) is 0 Å². The molecule has 2 aliphatic heterocycles. The zero-order valence-corrected chi connectivity index (χ0v) is 15.8. The number of carbonyl (C=O) groups is 1. The van der Waals surface area contributed by atoms with Gasteiger partial charge in [-0.05, 0) is 30.1 Å². The van der Waals surface area contributed by atoms with Crippen LogP contribution in [-0.4, -0.2) is 50.8 Å². The van der Waals surface area contributed by atoms with Gasteiger partial charge in [-0.3, -0.25) is 4.79 Å². The summed E-state index contributed by atoms with van der Waals surface area (Å²) in [6.45, 7) is 8.12. The number of epoxide rings is 1. The minimum atomic E-state index is -0.105. The molecule has 1 saturated heterocycles. The van der Waals surface area contributed by atoms with Crippen molar-refractivity contribution in [2.45, 2.75) is 25.9 Å². The normalized spacial score (nSPS) is 25.3. The maximum atomic E-state index is 12.9. The topological polar surface area (TPSA) is 51.3 Å². The van der Waals surface area contributed by atoms with Gasteiger partial charge in [0.15, 0.2) is 0 Å². The van der Waals surface area contributed by atoms with Gasteiger partial charge in [-0.2, -0.15) is 0 Å². The molecule has 2 unspecified atom stereocenters. The highest BCUT2D eigenvalue weighted by Crippen LogP contribution is 2.36. The Morgan fingerprint density at radius 1 is 1.38 bits per heavy atom. The third-order valence-corrected chi connectivity index (χ3v) is 5.04. The Labute approximate surface area is 155 Å². The highest BCUT2D eigenvalue weighted by molar-refractivity contribution is 5.97. The summed E-state index contributed by atoms with van der Waals surface area (Å²) in [6.07, 6.45) is 10.2. The molecule has 0 aromatic heterocycles. The first-order valence-corrected chi connectivity index (χ1v) is 9.06. The largest absolute Gasteiger partial charge is 0.497 e. The van der Waals surface area contributed by atoms with E-state index < -0.39 is 0 Å². The molecule has 26 heavy (non-hydrogen) atoms. The summed E-state index contributed by atoms with van der Waals surface area (Å²) >= 11 is 0. The average molecular weight is 357 g/mol. The van der Waals surface area contributed by atoms with Crippen LogP contribution in [0.3, 0.4) is 0 Å². The van der Waals surface area contributed by atoms with Crippen LogP contribution in [0.2, 0.25) is 0 Å². The van der Waals surface area contributed by atoms with E-state index in [4.69, 9.17) is 14.2 Å². The molecule has 2 atom stereocenters. The predicted molar refractivity (Wildman–Crippen MR) is 100 cm³/mol. The molecule has 0 spiro atoms. The van der Waals surface area contributed by atoms with Gasteiger partial charge < -0.3 is 19.1 Å². The first-order valence-electron chi connectivity index (χ1n) is 9.06. The van der Waals surface area contributed by atoms with Crippen LogP contribution in [0.5, 0.6) is 0 Å². The number of carbonyl (C=O) groups excluding carboxylic acids is 1. The molecular formula is C21H27NO4. The van der Waals surface area contributed by atoms with Crippen LogP contribution in [0, 0.1) is 5.92 Å². The van der Waals surface area contributed by atoms with Gasteiger partial charge in [0.2, 0.25) is 0 Å². The number of hydrogen-bond donors (Lipinski definition) is 0. The summed E-state index contributed by atoms with van der Waals surface area (Å²) in [4.78, 5) is 14.7. The monoisotopic (exact) mass is 357 g/mol. The van der Waals surface area contributed by atoms with E-state index in [2.05, 4.69) is 18.7 Å². The summed E-state index contributed by atoms with van der Waals surface area (Å²) in [5.74, 6) is 1.44. The van der Waals surface area contributed by atoms with Gasteiger partial charge in [-0.15, -0.1) is 0 Å². The minimum Gasteiger partial charge on any atom is -0.497 e. The fourth-order valence-electron chi connectivity index (χ4n) is 3.46. The third-order valence-electron chi connectivity index (χ3n) is 5.04. The van der Waals surface area contributed by atoms with Crippen LogP contribution in [0.25, 0.3) is 0 Å². The molecule has 3 aliphatic rings. The Balaban J connectivity index is 1.66. The van der Waals surface area contributed by atoms with Crippen LogP contribution >= 0.6 is 0 Å². The van der Waals surface area contributed by atoms with Gasteiger partial charge in [0.05, 0.1) is 32.5 Å². The van der Waals surface area contributed by atoms with Crippen molar-refractivity contribution in [2.75, 3.05) is 33.9 Å². The van der Waals surface area contributed by atoms with Gasteiger partial charge >= 0.3 is 0 Å². The van der Waals surface area contributed by atoms with Crippen LogP contribution in [0.1, 0.15) is 19.8 Å². The summed E-state index contributed by atoms with van der Waals surface area (Å²) in [5, 5.41) is 0. The molecule has 0 saturated carbocycles. The van der Waals surface area contributed by atoms with E-state index in [1.165, 1.54) is 11.1 Å². The second-order valence-electron chi connectivity index (χ2n) is 6.80. The lowest BCUT2D eigenvalue weighted by Gasteiger charge is -2.19. The zero-order valence-electron chi connectivity index (χ0n) is 15.8. The molecule has 0 bridgehead atoms. The predicted octanol–water partition coefficient (Wildman–Crippen LogP) is 3.13. The van der Waals surface area contributed by atoms with Crippen LogP contribution < -0.4 is 0 Å². The quantitative estimate of drug-likeness (QED) is 0.304. The second-order valence-corrected chi connectivity index (χ2v) is 6.80. The standard InChI is InChI=1S/C21H27NO4/c1-5-6-18(24-3)10-19(25-4)14(2)21(23)22-11-16-8-7-15(20-13-26-20)9-17(16)12-22/h6-8,10,15,20H,2,5,9,11-13H2,1,3-4H3/b18-6-,19-10+. The van der Waals surface area contributed by atoms with Crippen LogP contribution in [0.15, 0.2) is 59.1 Å². The van der Waals surface area contributed by atoms with Crippen molar-refractivity contribution in [3.05, 3.63) is 59.1 Å². The average Bonchev–Trinajstić information content (AvgIpc) is 3.42. The van der Waals surface area contributed by atoms with Gasteiger partial charge in [-0.25, -0.2) is 0 Å². The van der Waals surface area contributed by atoms with E-state index in [1.807, 2.05) is 17.9 Å². The summed E-state index contributed by atoms with van der Waals surface area (Å²) in [7, 11) is 3.14. The van der Waals surface area contributed by atoms with Crippen molar-refractivity contribution in [1.82, 2.24) is 4.90 Å². The smallest absolute Gasteiger partial charge is 0.257 e. The van der Waals surface area contributed by atoms with Gasteiger partial charge in [0.25, 0.3) is 5.91 Å². The lowest BCUT2D eigenvalue weighted by atomic mass is 9.89. The number of ether oxygens (including phenoxy) is 3. The van der Waals surface area contributed by atoms with E-state index in [1.54, 1.807) is 20.3 Å². The molecule has 3 rings (SSSR count). The van der Waals surface area contributed by atoms with Crippen molar-refractivity contribution in [2.24, 2.45) is 5.92 Å². The number of hydrogen-bond acceptors (Lipinski definition) is 4. The number of methoxy groups -OCH3 is 2. The molecule has 2 heterocycles. The van der Waals surface area contributed by atoms with E-state index in [9.17, 15) is 4.79 Å². The number of allylic oxidation sites excluding steroid dienone is 2. The number of nitrogens with zero attached hydrogens (tertiary/aromatic N) is 1. The molecule has 0 N–H and O–H groups in total. The van der Waals surface area contributed by atoms with Crippen molar-refractivity contribution in [3.8, 4) is 0 Å². The van der Waals surface area contributed by atoms with Gasteiger partial charge in [-0.1, -0.05) is 25.7 Å². The van der Waals surface area contributed by atoms with E-state index >= 15 is 0 Å². The maximum Gasteiger partial charge on any atom is 0.257 e. The maximum absolute atomic E-state index is 12.9. The second kappa shape index (κ2) is 7.96. The highest BCUT2D eigenvalue weighted by Gasteiger charge is 2.36. The summed E-state index contributed by atoms with van der Waals surface area (Å²) in [5.41, 5.74) is 2.92. The van der Waals surface area contributed by atoms with Crippen LogP contribution in [0.4, 0.5) is 0 Å².